The molecular formula is C131H85N3O4. The molecule has 0 radical (unpaired) electrons. The first kappa shape index (κ1) is 78.8. The summed E-state index contributed by atoms with van der Waals surface area (Å²) in [6.45, 7) is 4.72. The lowest BCUT2D eigenvalue weighted by Gasteiger charge is -2.31. The van der Waals surface area contributed by atoms with Gasteiger partial charge in [-0.15, -0.1) is 0 Å². The summed E-state index contributed by atoms with van der Waals surface area (Å²) in [4.78, 5) is 7.13. The zero-order valence-corrected chi connectivity index (χ0v) is 75.6. The maximum Gasteiger partial charge on any atom is 0.170 e. The SMILES string of the molecule is CC1(C)c2ccccc2-c2ccc(N(c3ccc(-c4ccccc4)cc3)c3ccc(-c4ccc5c(c4)C4(c6ccccc6-5)c5ccccc5-c5cc6c(cc54)Oc4cc(-c5cccc(N(c7ccccc7)c7ccc(N(c8ccc(-c9ccccc9)cc8)c8ccc(-c9ccc%10c(c9)C9(c%11ccccc%11-%10)c%10ccccc%10-c%10cc%11c(cc%109)Oc9ccccc9O%11)cc8)cc7)c5)ccc4O6)cc3)cc21. The van der Waals surface area contributed by atoms with Crippen LogP contribution in [0.1, 0.15) is 69.5 Å². The molecule has 28 rings (SSSR count). The minimum atomic E-state index is -0.682. The molecule has 21 aromatic carbocycles. The van der Waals surface area contributed by atoms with Gasteiger partial charge in [0.25, 0.3) is 0 Å². The number of benzene rings is 21. The Hall–Kier alpha value is -17.8. The van der Waals surface area contributed by atoms with E-state index in [1.165, 1.54) is 111 Å². The van der Waals surface area contributed by atoms with E-state index in [2.05, 4.69) is 484 Å². The highest BCUT2D eigenvalue weighted by atomic mass is 16.6. The molecule has 2 spiro atoms. The second-order valence-electron chi connectivity index (χ2n) is 37.6. The average molecular weight is 1770 g/mol. The Morgan fingerprint density at radius 1 is 0.138 bits per heavy atom. The fourth-order valence-electron chi connectivity index (χ4n) is 23.7. The Kier molecular flexibility index (Phi) is 17.5. The molecule has 0 amide bonds. The van der Waals surface area contributed by atoms with Gasteiger partial charge < -0.3 is 33.6 Å². The predicted molar refractivity (Wildman–Crippen MR) is 561 cm³/mol. The molecule has 0 N–H and O–H groups in total. The molecule has 21 aromatic rings. The number of fused-ring (bicyclic) bond motifs is 27. The fraction of sp³-hybridized carbons (Fsp3) is 0.0382. The number of hydrogen-bond donors (Lipinski definition) is 0. The summed E-state index contributed by atoms with van der Waals surface area (Å²) in [5.41, 5.74) is 43.8. The standard InChI is InChI=1S/C131H85N3O4/c1-129(2)111-38-17-12-33-101(111)106-71-68-100(77-116(106)129)134(95-58-47-85(48-59-95)83-27-8-4-9-28-83)96-62-51-87(52-63-96)90-54-70-108-103-35-14-19-40-113(103)131(118(108)75-90)115-42-21-16-37-105(115)110-79-126-128(81-120(110)131)138-124-76-91(55-72-123(124)137-126)88-29-24-32-99(73-88)133(92-30-10-5-11-31-92)98-66-64-97(65-67-98)132(93-56-45-84(46-57-93)82-25-6-3-7-26-82)94-60-49-86(50-61-94)89-53-69-107-102-34-13-18-39-112(102)130(117(107)74-89)114-41-20-15-36-104(114)109-78-125-127(80-119(109)130)136-122-44-23-22-43-121(122)135-125/h3-81H,1-2H3. The molecular weight excluding hydrogens is 1680 g/mol. The topological polar surface area (TPSA) is 46.6 Å². The number of nitrogens with zero attached hydrogens (tertiary/aromatic N) is 3. The summed E-state index contributed by atoms with van der Waals surface area (Å²) in [5.74, 6) is 5.50. The fourth-order valence-corrected chi connectivity index (χ4v) is 23.7. The highest BCUT2D eigenvalue weighted by molar-refractivity contribution is 6.01. The maximum absolute atomic E-state index is 7.30. The molecule has 0 saturated heterocycles. The quantitative estimate of drug-likeness (QED) is 0.107. The summed E-state index contributed by atoms with van der Waals surface area (Å²) in [6.07, 6.45) is 0. The van der Waals surface area contributed by atoms with Gasteiger partial charge in [0, 0.05) is 56.6 Å². The van der Waals surface area contributed by atoms with Gasteiger partial charge in [-0.2, -0.15) is 0 Å². The van der Waals surface area contributed by atoms with Crippen LogP contribution in [0.4, 0.5) is 51.2 Å². The first-order valence-electron chi connectivity index (χ1n) is 47.5. The van der Waals surface area contributed by atoms with E-state index in [1.54, 1.807) is 0 Å². The zero-order chi connectivity index (χ0) is 91.1. The molecule has 2 aliphatic heterocycles. The van der Waals surface area contributed by atoms with Crippen LogP contribution in [0.15, 0.2) is 479 Å². The minimum absolute atomic E-state index is 0.166. The smallest absolute Gasteiger partial charge is 0.170 e. The van der Waals surface area contributed by atoms with Crippen LogP contribution in [0.3, 0.4) is 0 Å². The van der Waals surface area contributed by atoms with Gasteiger partial charge in [0.15, 0.2) is 46.0 Å². The molecule has 7 nitrogen and oxygen atoms in total. The van der Waals surface area contributed by atoms with Crippen LogP contribution in [-0.4, -0.2) is 0 Å². The monoisotopic (exact) mass is 1760 g/mol. The third kappa shape index (κ3) is 12.0. The highest BCUT2D eigenvalue weighted by Gasteiger charge is 2.55. The first-order valence-corrected chi connectivity index (χ1v) is 47.5. The molecule has 0 bridgehead atoms. The predicted octanol–water partition coefficient (Wildman–Crippen LogP) is 35.2. The minimum Gasteiger partial charge on any atom is -0.450 e. The molecule has 648 valence electrons. The second kappa shape index (κ2) is 30.6. The van der Waals surface area contributed by atoms with E-state index in [0.29, 0.717) is 46.0 Å². The summed E-state index contributed by atoms with van der Waals surface area (Å²) in [5, 5.41) is 0. The van der Waals surface area contributed by atoms with Gasteiger partial charge in [-0.05, 0) is 337 Å². The van der Waals surface area contributed by atoms with Crippen LogP contribution in [0.5, 0.6) is 46.0 Å². The van der Waals surface area contributed by atoms with Crippen molar-refractivity contribution in [2.75, 3.05) is 14.7 Å². The number of anilines is 9. The first-order chi connectivity index (χ1) is 68.1. The number of ether oxygens (including phenoxy) is 4. The average Bonchev–Trinajstić information content (AvgIpc) is 1.51. The summed E-state index contributed by atoms with van der Waals surface area (Å²) < 4.78 is 27.7. The van der Waals surface area contributed by atoms with Gasteiger partial charge in [0.2, 0.25) is 0 Å². The van der Waals surface area contributed by atoms with Crippen LogP contribution in [0, 0.1) is 0 Å². The number of para-hydroxylation sites is 3. The Balaban J connectivity index is 0.492. The maximum atomic E-state index is 7.30. The van der Waals surface area contributed by atoms with Crippen LogP contribution in [-0.2, 0) is 16.2 Å². The summed E-state index contributed by atoms with van der Waals surface area (Å²) in [7, 11) is 0. The summed E-state index contributed by atoms with van der Waals surface area (Å²) >= 11 is 0. The largest absolute Gasteiger partial charge is 0.450 e. The molecule has 0 fully saturated rings. The third-order valence-electron chi connectivity index (χ3n) is 30.0. The van der Waals surface area contributed by atoms with Gasteiger partial charge in [-0.3, -0.25) is 0 Å². The van der Waals surface area contributed by atoms with Crippen LogP contribution in [0.25, 0.3) is 111 Å². The molecule has 2 unspecified atom stereocenters. The lowest BCUT2D eigenvalue weighted by Crippen LogP contribution is -2.26. The van der Waals surface area contributed by atoms with Gasteiger partial charge in [0.05, 0.1) is 10.8 Å². The summed E-state index contributed by atoms with van der Waals surface area (Å²) in [6, 6.07) is 175. The third-order valence-corrected chi connectivity index (χ3v) is 30.0. The molecule has 0 aromatic heterocycles. The van der Waals surface area contributed by atoms with Gasteiger partial charge in [-0.1, -0.05) is 323 Å². The molecule has 2 atom stereocenters. The van der Waals surface area contributed by atoms with Crippen molar-refractivity contribution < 1.29 is 18.9 Å². The molecule has 0 saturated carbocycles. The lowest BCUT2D eigenvalue weighted by atomic mass is 9.70. The Bertz CT molecular complexity index is 8590. The van der Waals surface area contributed by atoms with E-state index in [1.807, 2.05) is 24.3 Å². The molecule has 7 aliphatic rings. The molecule has 7 heteroatoms. The molecule has 2 heterocycles. The lowest BCUT2D eigenvalue weighted by molar-refractivity contribution is 0.359. The molecule has 5 aliphatic carbocycles. The van der Waals surface area contributed by atoms with Gasteiger partial charge in [0.1, 0.15) is 0 Å². The van der Waals surface area contributed by atoms with Crippen molar-refractivity contribution in [3.8, 4) is 157 Å². The van der Waals surface area contributed by atoms with Crippen molar-refractivity contribution in [2.45, 2.75) is 30.1 Å². The van der Waals surface area contributed by atoms with Crippen molar-refractivity contribution in [3.63, 3.8) is 0 Å². The highest BCUT2D eigenvalue weighted by Crippen LogP contribution is 2.68. The van der Waals surface area contributed by atoms with Crippen LogP contribution >= 0.6 is 0 Å². The normalized spacial score (nSPS) is 15.1. The Morgan fingerprint density at radius 3 is 0.833 bits per heavy atom. The van der Waals surface area contributed by atoms with E-state index in [9.17, 15) is 0 Å². The molecule has 138 heavy (non-hydrogen) atoms. The van der Waals surface area contributed by atoms with Crippen LogP contribution in [0.2, 0.25) is 0 Å². The Morgan fingerprint density at radius 2 is 0.384 bits per heavy atom. The van der Waals surface area contributed by atoms with Crippen molar-refractivity contribution in [1.82, 2.24) is 0 Å². The van der Waals surface area contributed by atoms with Crippen molar-refractivity contribution in [3.05, 3.63) is 535 Å². The number of rotatable bonds is 14. The second-order valence-corrected chi connectivity index (χ2v) is 37.6. The number of hydrogen-bond acceptors (Lipinski definition) is 7. The van der Waals surface area contributed by atoms with Crippen LogP contribution < -0.4 is 33.6 Å². The van der Waals surface area contributed by atoms with Gasteiger partial charge >= 0.3 is 0 Å². The Labute approximate surface area is 801 Å². The van der Waals surface area contributed by atoms with E-state index >= 15 is 0 Å². The van der Waals surface area contributed by atoms with E-state index in [0.717, 1.165) is 107 Å². The van der Waals surface area contributed by atoms with Crippen molar-refractivity contribution >= 4 is 51.2 Å². The van der Waals surface area contributed by atoms with Crippen molar-refractivity contribution in [1.29, 1.82) is 0 Å². The van der Waals surface area contributed by atoms with E-state index < -0.39 is 10.8 Å². The van der Waals surface area contributed by atoms with E-state index in [4.69, 9.17) is 18.9 Å². The van der Waals surface area contributed by atoms with Crippen molar-refractivity contribution in [2.24, 2.45) is 0 Å². The van der Waals surface area contributed by atoms with Gasteiger partial charge in [-0.25, -0.2) is 0 Å². The van der Waals surface area contributed by atoms with E-state index in [-0.39, 0.29) is 5.41 Å². The zero-order valence-electron chi connectivity index (χ0n) is 75.6.